The molecule has 2 amide bonds. The Labute approximate surface area is 180 Å². The van der Waals surface area contributed by atoms with Crippen molar-refractivity contribution in [2.75, 3.05) is 38.6 Å². The zero-order valence-electron chi connectivity index (χ0n) is 17.7. The van der Waals surface area contributed by atoms with Gasteiger partial charge in [0.25, 0.3) is 5.91 Å². The predicted octanol–water partition coefficient (Wildman–Crippen LogP) is 4.04. The molecule has 3 rings (SSSR count). The van der Waals surface area contributed by atoms with Crippen LogP contribution in [-0.2, 0) is 17.5 Å². The molecule has 5 nitrogen and oxygen atoms in total. The minimum absolute atomic E-state index is 0.0660. The maximum atomic E-state index is 13.1. The van der Waals surface area contributed by atoms with Gasteiger partial charge in [-0.2, -0.15) is 13.2 Å². The first-order valence-corrected chi connectivity index (χ1v) is 10.2. The van der Waals surface area contributed by atoms with Crippen LogP contribution in [0.3, 0.4) is 0 Å². The Morgan fingerprint density at radius 1 is 1.06 bits per heavy atom. The topological polar surface area (TPSA) is 43.9 Å². The second-order valence-corrected chi connectivity index (χ2v) is 7.92. The lowest BCUT2D eigenvalue weighted by atomic mass is 10.1. The minimum atomic E-state index is -4.43. The van der Waals surface area contributed by atoms with Gasteiger partial charge in [-0.15, -0.1) is 0 Å². The molecule has 0 radical (unpaired) electrons. The Morgan fingerprint density at radius 2 is 1.77 bits per heavy atom. The number of benzene rings is 2. The lowest BCUT2D eigenvalue weighted by Gasteiger charge is -2.25. The van der Waals surface area contributed by atoms with Gasteiger partial charge >= 0.3 is 6.18 Å². The van der Waals surface area contributed by atoms with Gasteiger partial charge in [0.05, 0.1) is 5.56 Å². The van der Waals surface area contributed by atoms with E-state index < -0.39 is 11.7 Å². The van der Waals surface area contributed by atoms with Crippen LogP contribution in [0.15, 0.2) is 48.5 Å². The molecule has 2 aromatic carbocycles. The Bertz CT molecular complexity index is 926. The van der Waals surface area contributed by atoms with Crippen LogP contribution < -0.4 is 4.90 Å². The molecule has 1 heterocycles. The zero-order valence-corrected chi connectivity index (χ0v) is 17.7. The number of alkyl halides is 3. The first-order valence-electron chi connectivity index (χ1n) is 10.2. The van der Waals surface area contributed by atoms with Crippen molar-refractivity contribution < 1.29 is 22.8 Å². The summed E-state index contributed by atoms with van der Waals surface area (Å²) < 4.78 is 39.2. The van der Waals surface area contributed by atoms with E-state index in [4.69, 9.17) is 0 Å². The summed E-state index contributed by atoms with van der Waals surface area (Å²) in [5, 5.41) is 0. The van der Waals surface area contributed by atoms with E-state index in [1.807, 2.05) is 19.0 Å². The van der Waals surface area contributed by atoms with E-state index in [0.717, 1.165) is 24.2 Å². The maximum Gasteiger partial charge on any atom is 0.416 e. The first kappa shape index (κ1) is 22.8. The Kier molecular flexibility index (Phi) is 7.00. The molecule has 1 aliphatic rings. The summed E-state index contributed by atoms with van der Waals surface area (Å²) in [7, 11) is 3.74. The zero-order chi connectivity index (χ0) is 22.6. The third-order valence-electron chi connectivity index (χ3n) is 5.23. The number of anilines is 1. The summed E-state index contributed by atoms with van der Waals surface area (Å²) in [5.74, 6) is -0.199. The Balaban J connectivity index is 1.79. The number of hydrogen-bond donors (Lipinski definition) is 0. The molecule has 0 saturated carbocycles. The molecule has 2 aromatic rings. The van der Waals surface area contributed by atoms with Gasteiger partial charge in [0.15, 0.2) is 0 Å². The van der Waals surface area contributed by atoms with Gasteiger partial charge in [-0.1, -0.05) is 12.1 Å². The molecule has 1 aliphatic heterocycles. The molecule has 31 heavy (non-hydrogen) atoms. The molecule has 166 valence electrons. The standard InChI is InChI=1S/C23H26F3N3O2/c1-27(2)13-14-28(16-17-5-3-6-19(15-17)23(24,25)26)22(31)18-8-10-20(11-9-18)29-12-4-7-21(29)30/h3,5-6,8-11,15H,4,7,12-14,16H2,1-2H3. The van der Waals surface area contributed by atoms with E-state index >= 15 is 0 Å². The van der Waals surface area contributed by atoms with Crippen molar-refractivity contribution in [3.8, 4) is 0 Å². The monoisotopic (exact) mass is 433 g/mol. The number of likely N-dealkylation sites (N-methyl/N-ethyl adjacent to an activating group) is 1. The highest BCUT2D eigenvalue weighted by atomic mass is 19.4. The van der Waals surface area contributed by atoms with Gasteiger partial charge in [0.1, 0.15) is 0 Å². The van der Waals surface area contributed by atoms with Gasteiger partial charge in [0, 0.05) is 43.9 Å². The number of carbonyl (C=O) groups excluding carboxylic acids is 2. The van der Waals surface area contributed by atoms with Crippen molar-refractivity contribution in [3.63, 3.8) is 0 Å². The number of hydrogen-bond acceptors (Lipinski definition) is 3. The lowest BCUT2D eigenvalue weighted by Crippen LogP contribution is -2.36. The quantitative estimate of drug-likeness (QED) is 0.662. The van der Waals surface area contributed by atoms with Crippen molar-refractivity contribution in [1.82, 2.24) is 9.80 Å². The third kappa shape index (κ3) is 5.85. The average molecular weight is 433 g/mol. The summed E-state index contributed by atoms with van der Waals surface area (Å²) in [5.41, 5.74) is 0.865. The van der Waals surface area contributed by atoms with Crippen LogP contribution in [0.5, 0.6) is 0 Å². The predicted molar refractivity (Wildman–Crippen MR) is 113 cm³/mol. The number of halogens is 3. The number of amides is 2. The van der Waals surface area contributed by atoms with E-state index in [0.29, 0.717) is 37.2 Å². The molecule has 0 atom stereocenters. The van der Waals surface area contributed by atoms with Crippen LogP contribution in [0.4, 0.5) is 18.9 Å². The van der Waals surface area contributed by atoms with Gasteiger partial charge < -0.3 is 14.7 Å². The number of carbonyl (C=O) groups is 2. The minimum Gasteiger partial charge on any atom is -0.333 e. The fourth-order valence-corrected chi connectivity index (χ4v) is 3.53. The first-order chi connectivity index (χ1) is 14.6. The Hall–Kier alpha value is -2.87. The fraction of sp³-hybridized carbons (Fsp3) is 0.391. The van der Waals surface area contributed by atoms with Crippen molar-refractivity contribution in [2.45, 2.75) is 25.6 Å². The maximum absolute atomic E-state index is 13.1. The van der Waals surface area contributed by atoms with Crippen LogP contribution in [0.1, 0.15) is 34.3 Å². The van der Waals surface area contributed by atoms with Crippen molar-refractivity contribution in [3.05, 3.63) is 65.2 Å². The van der Waals surface area contributed by atoms with E-state index in [2.05, 4.69) is 0 Å². The molecule has 0 N–H and O–H groups in total. The lowest BCUT2D eigenvalue weighted by molar-refractivity contribution is -0.137. The van der Waals surface area contributed by atoms with Gasteiger partial charge in [-0.3, -0.25) is 9.59 Å². The largest absolute Gasteiger partial charge is 0.416 e. The summed E-state index contributed by atoms with van der Waals surface area (Å²) in [6, 6.07) is 11.9. The Morgan fingerprint density at radius 3 is 2.35 bits per heavy atom. The molecular weight excluding hydrogens is 407 g/mol. The van der Waals surface area contributed by atoms with Gasteiger partial charge in [-0.05, 0) is 62.5 Å². The van der Waals surface area contributed by atoms with Crippen molar-refractivity contribution >= 4 is 17.5 Å². The van der Waals surface area contributed by atoms with E-state index in [1.54, 1.807) is 40.1 Å². The second kappa shape index (κ2) is 9.51. The summed E-state index contributed by atoms with van der Waals surface area (Å²) in [4.78, 5) is 30.2. The highest BCUT2D eigenvalue weighted by Crippen LogP contribution is 2.30. The molecule has 1 saturated heterocycles. The normalized spacial score (nSPS) is 14.4. The highest BCUT2D eigenvalue weighted by molar-refractivity contribution is 5.97. The van der Waals surface area contributed by atoms with Crippen LogP contribution >= 0.6 is 0 Å². The molecule has 1 fully saturated rings. The molecule has 0 unspecified atom stereocenters. The molecule has 0 aliphatic carbocycles. The van der Waals surface area contributed by atoms with Crippen LogP contribution in [0.25, 0.3) is 0 Å². The van der Waals surface area contributed by atoms with Crippen LogP contribution in [-0.4, -0.2) is 55.3 Å². The highest BCUT2D eigenvalue weighted by Gasteiger charge is 2.30. The van der Waals surface area contributed by atoms with E-state index in [-0.39, 0.29) is 18.4 Å². The molecule has 0 aromatic heterocycles. The van der Waals surface area contributed by atoms with Crippen molar-refractivity contribution in [1.29, 1.82) is 0 Å². The van der Waals surface area contributed by atoms with Crippen LogP contribution in [0, 0.1) is 0 Å². The summed E-state index contributed by atoms with van der Waals surface area (Å²) in [6.07, 6.45) is -3.10. The summed E-state index contributed by atoms with van der Waals surface area (Å²) >= 11 is 0. The molecule has 0 bridgehead atoms. The fourth-order valence-electron chi connectivity index (χ4n) is 3.53. The van der Waals surface area contributed by atoms with E-state index in [1.165, 1.54) is 6.07 Å². The summed E-state index contributed by atoms with van der Waals surface area (Å²) in [6.45, 7) is 1.68. The third-order valence-corrected chi connectivity index (χ3v) is 5.23. The number of nitrogens with zero attached hydrogens (tertiary/aromatic N) is 3. The van der Waals surface area contributed by atoms with E-state index in [9.17, 15) is 22.8 Å². The molecular formula is C23H26F3N3O2. The van der Waals surface area contributed by atoms with Crippen LogP contribution in [0.2, 0.25) is 0 Å². The average Bonchev–Trinajstić information content (AvgIpc) is 3.16. The SMILES string of the molecule is CN(C)CCN(Cc1cccc(C(F)(F)F)c1)C(=O)c1ccc(N2CCCC2=O)cc1. The smallest absolute Gasteiger partial charge is 0.333 e. The molecule has 8 heteroatoms. The molecule has 0 spiro atoms. The number of rotatable bonds is 7. The van der Waals surface area contributed by atoms with Gasteiger partial charge in [0.2, 0.25) is 5.91 Å². The van der Waals surface area contributed by atoms with Crippen molar-refractivity contribution in [2.24, 2.45) is 0 Å². The van der Waals surface area contributed by atoms with Gasteiger partial charge in [-0.25, -0.2) is 0 Å². The second-order valence-electron chi connectivity index (χ2n) is 7.92.